The van der Waals surface area contributed by atoms with E-state index in [0.29, 0.717) is 35.3 Å². The molecule has 5 nitrogen and oxygen atoms in total. The number of piperidine rings is 1. The van der Waals surface area contributed by atoms with Gasteiger partial charge in [0.05, 0.1) is 10.6 Å². The van der Waals surface area contributed by atoms with Gasteiger partial charge in [-0.1, -0.05) is 30.2 Å². The van der Waals surface area contributed by atoms with Crippen LogP contribution >= 0.6 is 23.4 Å². The van der Waals surface area contributed by atoms with Crippen LogP contribution in [0.4, 0.5) is 0 Å². The minimum atomic E-state index is -3.42. The Morgan fingerprint density at radius 2 is 1.64 bits per heavy atom. The van der Waals surface area contributed by atoms with Crippen molar-refractivity contribution < 1.29 is 13.2 Å². The van der Waals surface area contributed by atoms with Gasteiger partial charge < -0.3 is 5.32 Å². The third kappa shape index (κ3) is 5.73. The normalized spacial score (nSPS) is 15.3. The number of benzene rings is 2. The van der Waals surface area contributed by atoms with Crippen molar-refractivity contribution in [1.29, 1.82) is 0 Å². The van der Waals surface area contributed by atoms with Crippen LogP contribution in [0.5, 0.6) is 0 Å². The number of thioether (sulfide) groups is 1. The van der Waals surface area contributed by atoms with Gasteiger partial charge in [-0.25, -0.2) is 8.42 Å². The molecule has 1 aliphatic rings. The van der Waals surface area contributed by atoms with Gasteiger partial charge in [-0.3, -0.25) is 4.79 Å². The fourth-order valence-corrected chi connectivity index (χ4v) is 5.34. The Morgan fingerprint density at radius 3 is 2.29 bits per heavy atom. The second-order valence-electron chi connectivity index (χ2n) is 6.63. The predicted molar refractivity (Wildman–Crippen MR) is 113 cm³/mol. The van der Waals surface area contributed by atoms with E-state index in [2.05, 4.69) is 5.32 Å². The van der Waals surface area contributed by atoms with Crippen LogP contribution in [0.15, 0.2) is 58.3 Å². The number of sulfonamides is 1. The van der Waals surface area contributed by atoms with Crippen LogP contribution < -0.4 is 5.32 Å². The predicted octanol–water partition coefficient (Wildman–Crippen LogP) is 3.92. The number of hydrogen-bond donors (Lipinski definition) is 1. The highest BCUT2D eigenvalue weighted by Gasteiger charge is 2.25. The van der Waals surface area contributed by atoms with Gasteiger partial charge in [-0.15, -0.1) is 11.8 Å². The Balaban J connectivity index is 1.49. The van der Waals surface area contributed by atoms with Crippen molar-refractivity contribution in [2.24, 2.45) is 0 Å². The summed E-state index contributed by atoms with van der Waals surface area (Å²) in [5.41, 5.74) is 0.863. The molecule has 0 aliphatic carbocycles. The second kappa shape index (κ2) is 9.78. The molecule has 1 heterocycles. The Labute approximate surface area is 175 Å². The van der Waals surface area contributed by atoms with E-state index in [1.54, 1.807) is 40.7 Å². The van der Waals surface area contributed by atoms with E-state index >= 15 is 0 Å². The standard InChI is InChI=1S/C20H23ClN2O3S2/c21-17-6-8-18(9-7-17)27-15-20(24)22-14-16-4-10-19(11-5-16)28(25,26)23-12-2-1-3-13-23/h4-11H,1-3,12-15H2,(H,22,24). The highest BCUT2D eigenvalue weighted by atomic mass is 35.5. The Bertz CT molecular complexity index is 894. The van der Waals surface area contributed by atoms with Crippen molar-refractivity contribution in [1.82, 2.24) is 9.62 Å². The van der Waals surface area contributed by atoms with Crippen LogP contribution in [0.3, 0.4) is 0 Å². The van der Waals surface area contributed by atoms with Gasteiger partial charge >= 0.3 is 0 Å². The highest BCUT2D eigenvalue weighted by molar-refractivity contribution is 8.00. The van der Waals surface area contributed by atoms with E-state index in [-0.39, 0.29) is 5.91 Å². The van der Waals surface area contributed by atoms with E-state index in [1.807, 2.05) is 12.1 Å². The molecule has 8 heteroatoms. The summed E-state index contributed by atoms with van der Waals surface area (Å²) in [4.78, 5) is 13.3. The zero-order chi connectivity index (χ0) is 20.0. The lowest BCUT2D eigenvalue weighted by Crippen LogP contribution is -2.35. The van der Waals surface area contributed by atoms with E-state index in [4.69, 9.17) is 11.6 Å². The number of halogens is 1. The largest absolute Gasteiger partial charge is 0.351 e. The molecule has 0 bridgehead atoms. The first-order valence-electron chi connectivity index (χ1n) is 9.19. The maximum Gasteiger partial charge on any atom is 0.243 e. The molecule has 1 aliphatic heterocycles. The molecule has 1 fully saturated rings. The number of carbonyl (C=O) groups is 1. The summed E-state index contributed by atoms with van der Waals surface area (Å²) < 4.78 is 26.9. The molecule has 0 radical (unpaired) electrons. The Kier molecular flexibility index (Phi) is 7.40. The molecular formula is C20H23ClN2O3S2. The van der Waals surface area contributed by atoms with Crippen molar-refractivity contribution in [3.63, 3.8) is 0 Å². The lowest BCUT2D eigenvalue weighted by molar-refractivity contribution is -0.118. The zero-order valence-electron chi connectivity index (χ0n) is 15.4. The van der Waals surface area contributed by atoms with Crippen LogP contribution in [0.2, 0.25) is 5.02 Å². The molecule has 2 aromatic carbocycles. The number of amides is 1. The number of nitrogens with one attached hydrogen (secondary N) is 1. The SMILES string of the molecule is O=C(CSc1ccc(Cl)cc1)NCc1ccc(S(=O)(=O)N2CCCCC2)cc1. The first-order chi connectivity index (χ1) is 13.4. The molecule has 0 atom stereocenters. The average molecular weight is 439 g/mol. The van der Waals surface area contributed by atoms with Crippen LogP contribution in [0, 0.1) is 0 Å². The van der Waals surface area contributed by atoms with Crippen molar-refractivity contribution in [3.8, 4) is 0 Å². The third-order valence-electron chi connectivity index (χ3n) is 4.55. The van der Waals surface area contributed by atoms with Gasteiger partial charge in [0.1, 0.15) is 0 Å². The van der Waals surface area contributed by atoms with Gasteiger partial charge in [-0.2, -0.15) is 4.31 Å². The van der Waals surface area contributed by atoms with Crippen molar-refractivity contribution >= 4 is 39.3 Å². The lowest BCUT2D eigenvalue weighted by Gasteiger charge is -2.25. The molecule has 1 N–H and O–H groups in total. The summed E-state index contributed by atoms with van der Waals surface area (Å²) in [7, 11) is -3.42. The zero-order valence-corrected chi connectivity index (χ0v) is 17.8. The summed E-state index contributed by atoms with van der Waals surface area (Å²) >= 11 is 7.28. The van der Waals surface area contributed by atoms with Gasteiger partial charge in [0.25, 0.3) is 0 Å². The van der Waals surface area contributed by atoms with Crippen molar-refractivity contribution in [3.05, 3.63) is 59.1 Å². The molecule has 2 aromatic rings. The molecule has 3 rings (SSSR count). The van der Waals surface area contributed by atoms with Gasteiger partial charge in [0.2, 0.25) is 15.9 Å². The quantitative estimate of drug-likeness (QED) is 0.665. The molecule has 150 valence electrons. The Morgan fingerprint density at radius 1 is 1.00 bits per heavy atom. The van der Waals surface area contributed by atoms with Crippen molar-refractivity contribution in [2.45, 2.75) is 35.6 Å². The van der Waals surface area contributed by atoms with E-state index < -0.39 is 10.0 Å². The summed E-state index contributed by atoms with van der Waals surface area (Å²) in [5, 5.41) is 3.52. The first-order valence-corrected chi connectivity index (χ1v) is 12.0. The second-order valence-corrected chi connectivity index (χ2v) is 10.1. The van der Waals surface area contributed by atoms with Crippen LogP contribution in [0.1, 0.15) is 24.8 Å². The van der Waals surface area contributed by atoms with Crippen LogP contribution in [-0.4, -0.2) is 37.5 Å². The number of rotatable bonds is 7. The Hall–Kier alpha value is -1.54. The maximum atomic E-state index is 12.7. The fraction of sp³-hybridized carbons (Fsp3) is 0.350. The molecule has 0 unspecified atom stereocenters. The molecule has 0 spiro atoms. The lowest BCUT2D eigenvalue weighted by atomic mass is 10.2. The molecule has 1 amide bonds. The molecule has 1 saturated heterocycles. The molecule has 28 heavy (non-hydrogen) atoms. The minimum absolute atomic E-state index is 0.0787. The first kappa shape index (κ1) is 21.2. The monoisotopic (exact) mass is 438 g/mol. The van der Waals surface area contributed by atoms with E-state index in [9.17, 15) is 13.2 Å². The van der Waals surface area contributed by atoms with Gasteiger partial charge in [0.15, 0.2) is 0 Å². The van der Waals surface area contributed by atoms with E-state index in [0.717, 1.165) is 29.7 Å². The maximum absolute atomic E-state index is 12.7. The molecule has 0 aromatic heterocycles. The van der Waals surface area contributed by atoms with Gasteiger partial charge in [-0.05, 0) is 54.8 Å². The minimum Gasteiger partial charge on any atom is -0.351 e. The van der Waals surface area contributed by atoms with E-state index in [1.165, 1.54) is 11.8 Å². The van der Waals surface area contributed by atoms with Crippen molar-refractivity contribution in [2.75, 3.05) is 18.8 Å². The van der Waals surface area contributed by atoms with Gasteiger partial charge in [0, 0.05) is 29.6 Å². The highest BCUT2D eigenvalue weighted by Crippen LogP contribution is 2.21. The summed E-state index contributed by atoms with van der Waals surface area (Å²) in [5.74, 6) is 0.230. The average Bonchev–Trinajstić information content (AvgIpc) is 2.73. The smallest absolute Gasteiger partial charge is 0.243 e. The number of carbonyl (C=O) groups excluding carboxylic acids is 1. The van der Waals surface area contributed by atoms with Crippen LogP contribution in [0.25, 0.3) is 0 Å². The number of nitrogens with zero attached hydrogens (tertiary/aromatic N) is 1. The summed E-state index contributed by atoms with van der Waals surface area (Å²) in [6.45, 7) is 1.54. The fourth-order valence-electron chi connectivity index (χ4n) is 2.96. The summed E-state index contributed by atoms with van der Waals surface area (Å²) in [6, 6.07) is 14.1. The molecule has 0 saturated carbocycles. The summed E-state index contributed by atoms with van der Waals surface area (Å²) in [6.07, 6.45) is 2.91. The third-order valence-corrected chi connectivity index (χ3v) is 7.73. The molecular weight excluding hydrogens is 416 g/mol. The number of hydrogen-bond acceptors (Lipinski definition) is 4. The topological polar surface area (TPSA) is 66.5 Å². The van der Waals surface area contributed by atoms with Crippen LogP contribution in [-0.2, 0) is 21.4 Å².